The highest BCUT2D eigenvalue weighted by molar-refractivity contribution is 5.83. The van der Waals surface area contributed by atoms with Crippen molar-refractivity contribution in [3.05, 3.63) is 59.2 Å². The highest BCUT2D eigenvalue weighted by Gasteiger charge is 2.38. The third-order valence-electron chi connectivity index (χ3n) is 6.52. The number of fused-ring (bicyclic) bond motifs is 3. The number of rotatable bonds is 6. The molecule has 3 atom stereocenters. The standard InChI is InChI=1S/C19H27NO3.C8H8O3/c1-12(2)7-14-11-20-6-5-13-8-18(22-3)19(23-4)9-15(13)16(20)10-17(14)21;9-7(8(10)11)6-4-2-1-3-5-6/h8-9,12,14,16H,5-7,10-11H2,1-4H3;1-5,7,9H,(H,10,11)/t14-,16-;/m1./s1. The van der Waals surface area contributed by atoms with Crippen LogP contribution in [-0.4, -0.2) is 54.2 Å². The van der Waals surface area contributed by atoms with Gasteiger partial charge in [0.15, 0.2) is 17.6 Å². The molecule has 7 nitrogen and oxygen atoms in total. The molecule has 34 heavy (non-hydrogen) atoms. The van der Waals surface area contributed by atoms with Gasteiger partial charge in [-0.1, -0.05) is 44.2 Å². The molecule has 7 heteroatoms. The maximum absolute atomic E-state index is 12.6. The van der Waals surface area contributed by atoms with E-state index in [4.69, 9.17) is 19.7 Å². The zero-order valence-corrected chi connectivity index (χ0v) is 20.4. The van der Waals surface area contributed by atoms with Crippen molar-refractivity contribution in [2.75, 3.05) is 27.3 Å². The minimum atomic E-state index is -1.41. The van der Waals surface area contributed by atoms with Gasteiger partial charge in [-0.3, -0.25) is 9.69 Å². The summed E-state index contributed by atoms with van der Waals surface area (Å²) < 4.78 is 10.9. The zero-order valence-electron chi connectivity index (χ0n) is 20.4. The van der Waals surface area contributed by atoms with Crippen molar-refractivity contribution in [3.63, 3.8) is 0 Å². The Morgan fingerprint density at radius 1 is 1.12 bits per heavy atom. The zero-order chi connectivity index (χ0) is 24.8. The molecule has 2 aromatic rings. The molecule has 1 unspecified atom stereocenters. The minimum Gasteiger partial charge on any atom is -0.493 e. The normalized spacial score (nSPS) is 20.5. The molecule has 0 saturated carbocycles. The number of carboxylic acid groups (broad SMARTS) is 1. The van der Waals surface area contributed by atoms with Crippen molar-refractivity contribution in [1.82, 2.24) is 4.90 Å². The second-order valence-corrected chi connectivity index (χ2v) is 9.32. The van der Waals surface area contributed by atoms with E-state index >= 15 is 0 Å². The van der Waals surface area contributed by atoms with E-state index in [-0.39, 0.29) is 12.0 Å². The molecule has 0 bridgehead atoms. The first-order chi connectivity index (χ1) is 16.2. The van der Waals surface area contributed by atoms with Crippen molar-refractivity contribution in [1.29, 1.82) is 0 Å². The van der Waals surface area contributed by atoms with Crippen LogP contribution in [-0.2, 0) is 16.0 Å². The van der Waals surface area contributed by atoms with E-state index in [1.165, 1.54) is 11.1 Å². The first kappa shape index (κ1) is 25.7. The Hall–Kier alpha value is -2.90. The van der Waals surface area contributed by atoms with E-state index in [0.29, 0.717) is 23.7 Å². The molecule has 1 saturated heterocycles. The monoisotopic (exact) mass is 469 g/mol. The summed E-state index contributed by atoms with van der Waals surface area (Å²) in [5, 5.41) is 17.4. The van der Waals surface area contributed by atoms with Crippen molar-refractivity contribution in [3.8, 4) is 11.5 Å². The van der Waals surface area contributed by atoms with Crippen LogP contribution in [0.4, 0.5) is 0 Å². The Bertz CT molecular complexity index is 990. The summed E-state index contributed by atoms with van der Waals surface area (Å²) in [7, 11) is 3.33. The van der Waals surface area contributed by atoms with Gasteiger partial charge in [-0.15, -0.1) is 0 Å². The highest BCUT2D eigenvalue weighted by atomic mass is 16.5. The number of carbonyl (C=O) groups is 2. The Balaban J connectivity index is 0.000000248. The molecular formula is C27H35NO6. The third-order valence-corrected chi connectivity index (χ3v) is 6.52. The predicted molar refractivity (Wildman–Crippen MR) is 129 cm³/mol. The van der Waals surface area contributed by atoms with Crippen LogP contribution >= 0.6 is 0 Å². The van der Waals surface area contributed by atoms with Gasteiger partial charge in [-0.05, 0) is 47.6 Å². The van der Waals surface area contributed by atoms with Gasteiger partial charge in [0.2, 0.25) is 0 Å². The Kier molecular flexibility index (Phi) is 8.69. The van der Waals surface area contributed by atoms with Gasteiger partial charge in [0.05, 0.1) is 14.2 Å². The average molecular weight is 470 g/mol. The van der Waals surface area contributed by atoms with E-state index in [0.717, 1.165) is 37.4 Å². The van der Waals surface area contributed by atoms with Crippen LogP contribution in [0, 0.1) is 11.8 Å². The number of aliphatic hydroxyl groups excluding tert-OH is 1. The van der Waals surface area contributed by atoms with Gasteiger partial charge in [0.25, 0.3) is 0 Å². The number of aliphatic hydroxyl groups is 1. The smallest absolute Gasteiger partial charge is 0.337 e. The van der Waals surface area contributed by atoms with Gasteiger partial charge in [-0.25, -0.2) is 4.79 Å². The van der Waals surface area contributed by atoms with Crippen LogP contribution < -0.4 is 9.47 Å². The van der Waals surface area contributed by atoms with Crippen LogP contribution in [0.3, 0.4) is 0 Å². The lowest BCUT2D eigenvalue weighted by Crippen LogP contribution is -2.46. The predicted octanol–water partition coefficient (Wildman–Crippen LogP) is 4.04. The van der Waals surface area contributed by atoms with Crippen molar-refractivity contribution >= 4 is 11.8 Å². The van der Waals surface area contributed by atoms with E-state index in [1.807, 2.05) is 0 Å². The Labute approximate surface area is 201 Å². The molecule has 1 fully saturated rings. The Morgan fingerprint density at radius 3 is 2.35 bits per heavy atom. The molecule has 2 aromatic carbocycles. The maximum Gasteiger partial charge on any atom is 0.337 e. The largest absolute Gasteiger partial charge is 0.493 e. The SMILES string of the molecule is COc1cc2c(cc1OC)[C@H]1CC(=O)[C@H](CC(C)C)CN1CC2.O=C(O)C(O)c1ccccc1. The lowest BCUT2D eigenvalue weighted by atomic mass is 9.80. The van der Waals surface area contributed by atoms with Gasteiger partial charge < -0.3 is 19.7 Å². The first-order valence-corrected chi connectivity index (χ1v) is 11.7. The van der Waals surface area contributed by atoms with Crippen LogP contribution in [0.5, 0.6) is 11.5 Å². The number of piperidine rings is 1. The van der Waals surface area contributed by atoms with Crippen molar-refractivity contribution in [2.45, 2.75) is 45.3 Å². The number of Topliss-reactive ketones (excluding diaryl/α,β-unsaturated/α-hetero) is 1. The third kappa shape index (κ3) is 5.96. The van der Waals surface area contributed by atoms with Gasteiger partial charge in [0, 0.05) is 31.5 Å². The van der Waals surface area contributed by atoms with Gasteiger partial charge in [-0.2, -0.15) is 0 Å². The summed E-state index contributed by atoms with van der Waals surface area (Å²) in [5.41, 5.74) is 2.93. The van der Waals surface area contributed by atoms with Crippen LogP contribution in [0.1, 0.15) is 55.5 Å². The summed E-state index contributed by atoms with van der Waals surface area (Å²) in [6, 6.07) is 12.6. The molecule has 184 valence electrons. The second-order valence-electron chi connectivity index (χ2n) is 9.32. The van der Waals surface area contributed by atoms with E-state index in [1.54, 1.807) is 44.6 Å². The number of benzene rings is 2. The van der Waals surface area contributed by atoms with E-state index < -0.39 is 12.1 Å². The van der Waals surface area contributed by atoms with Crippen LogP contribution in [0.2, 0.25) is 0 Å². The first-order valence-electron chi connectivity index (χ1n) is 11.7. The van der Waals surface area contributed by atoms with Gasteiger partial charge >= 0.3 is 5.97 Å². The fourth-order valence-corrected chi connectivity index (χ4v) is 4.83. The number of carbonyl (C=O) groups excluding carboxylic acids is 1. The quantitative estimate of drug-likeness (QED) is 0.659. The minimum absolute atomic E-state index is 0.202. The lowest BCUT2D eigenvalue weighted by molar-refractivity contribution is -0.147. The summed E-state index contributed by atoms with van der Waals surface area (Å²) in [6.45, 7) is 6.31. The summed E-state index contributed by atoms with van der Waals surface area (Å²) in [4.78, 5) is 25.3. The maximum atomic E-state index is 12.6. The summed E-state index contributed by atoms with van der Waals surface area (Å²) in [6.07, 6.45) is 1.23. The van der Waals surface area contributed by atoms with E-state index in [2.05, 4.69) is 30.9 Å². The number of hydrogen-bond acceptors (Lipinski definition) is 6. The molecule has 0 amide bonds. The molecule has 0 radical (unpaired) electrons. The van der Waals surface area contributed by atoms with E-state index in [9.17, 15) is 9.59 Å². The molecule has 2 heterocycles. The summed E-state index contributed by atoms with van der Waals surface area (Å²) in [5.74, 6) is 1.50. The van der Waals surface area contributed by atoms with Crippen LogP contribution in [0.15, 0.2) is 42.5 Å². The van der Waals surface area contributed by atoms with Crippen LogP contribution in [0.25, 0.3) is 0 Å². The van der Waals surface area contributed by atoms with Crippen molar-refractivity contribution < 1.29 is 29.3 Å². The molecular weight excluding hydrogens is 434 g/mol. The molecule has 4 rings (SSSR count). The number of carboxylic acids is 1. The van der Waals surface area contributed by atoms with Gasteiger partial charge in [0.1, 0.15) is 5.78 Å². The number of ketones is 1. The number of aliphatic carboxylic acids is 1. The lowest BCUT2D eigenvalue weighted by Gasteiger charge is -2.43. The molecule has 2 aliphatic heterocycles. The molecule has 0 aromatic heterocycles. The molecule has 0 aliphatic carbocycles. The molecule has 2 N–H and O–H groups in total. The fraction of sp³-hybridized carbons (Fsp3) is 0.481. The topological polar surface area (TPSA) is 96.3 Å². The molecule has 0 spiro atoms. The average Bonchev–Trinajstić information content (AvgIpc) is 2.83. The second kappa shape index (κ2) is 11.5. The number of ether oxygens (including phenoxy) is 2. The number of hydrogen-bond donors (Lipinski definition) is 2. The number of nitrogens with zero attached hydrogens (tertiary/aromatic N) is 1. The highest BCUT2D eigenvalue weighted by Crippen LogP contribution is 2.42. The summed E-state index contributed by atoms with van der Waals surface area (Å²) >= 11 is 0. The van der Waals surface area contributed by atoms with Crippen molar-refractivity contribution in [2.24, 2.45) is 11.8 Å². The Morgan fingerprint density at radius 2 is 1.76 bits per heavy atom. The fourth-order valence-electron chi connectivity index (χ4n) is 4.83. The molecule has 2 aliphatic rings. The number of methoxy groups -OCH3 is 2.